The Bertz CT molecular complexity index is 162. The van der Waals surface area contributed by atoms with Gasteiger partial charge in [0, 0.05) is 19.2 Å². The van der Waals surface area contributed by atoms with Crippen molar-refractivity contribution in [3.05, 3.63) is 0 Å². The molecule has 0 aliphatic carbocycles. The molecule has 0 aliphatic rings. The predicted molar refractivity (Wildman–Crippen MR) is 68.7 cm³/mol. The molecule has 2 unspecified atom stereocenters. The molecule has 3 nitrogen and oxygen atoms in total. The largest absolute Gasteiger partial charge is 0.389 e. The van der Waals surface area contributed by atoms with E-state index in [9.17, 15) is 5.11 Å². The van der Waals surface area contributed by atoms with Gasteiger partial charge in [0.25, 0.3) is 0 Å². The number of unbranched alkanes of at least 4 members (excludes halogenated alkanes) is 1. The third-order valence-electron chi connectivity index (χ3n) is 3.11. The van der Waals surface area contributed by atoms with Crippen LogP contribution in [0.1, 0.15) is 40.5 Å². The van der Waals surface area contributed by atoms with E-state index >= 15 is 0 Å². The Morgan fingerprint density at radius 1 is 1.25 bits per heavy atom. The summed E-state index contributed by atoms with van der Waals surface area (Å²) in [5, 5.41) is 9.78. The highest BCUT2D eigenvalue weighted by Crippen LogP contribution is 2.08. The summed E-state index contributed by atoms with van der Waals surface area (Å²) in [4.78, 5) is 2.19. The fourth-order valence-electron chi connectivity index (χ4n) is 1.53. The molecular weight excluding hydrogens is 202 g/mol. The third-order valence-corrected chi connectivity index (χ3v) is 3.11. The first kappa shape index (κ1) is 15.9. The number of likely N-dealkylation sites (N-methyl/N-ethyl adjacent to an activating group) is 1. The van der Waals surface area contributed by atoms with E-state index < -0.39 is 0 Å². The monoisotopic (exact) mass is 231 g/mol. The Hall–Kier alpha value is -0.120. The second kappa shape index (κ2) is 8.97. The number of hydrogen-bond donors (Lipinski definition) is 1. The predicted octanol–water partition coefficient (Wildman–Crippen LogP) is 2.14. The standard InChI is InChI=1S/C13H29NO2/c1-6-7-8-16-10-13(15)9-14(5)12(4)11(2)3/h11-13,15H,6-10H2,1-5H3. The summed E-state index contributed by atoms with van der Waals surface area (Å²) < 4.78 is 5.40. The molecular formula is C13H29NO2. The summed E-state index contributed by atoms with van der Waals surface area (Å²) in [5.74, 6) is 0.609. The van der Waals surface area contributed by atoms with Crippen LogP contribution in [0.4, 0.5) is 0 Å². The Balaban J connectivity index is 3.65. The van der Waals surface area contributed by atoms with Gasteiger partial charge in [-0.3, -0.25) is 0 Å². The lowest BCUT2D eigenvalue weighted by atomic mass is 10.1. The maximum absolute atomic E-state index is 9.78. The van der Waals surface area contributed by atoms with E-state index in [4.69, 9.17) is 4.74 Å². The first-order valence-electron chi connectivity index (χ1n) is 6.45. The Labute approximate surface area is 101 Å². The molecule has 0 aromatic carbocycles. The first-order valence-corrected chi connectivity index (χ1v) is 6.45. The van der Waals surface area contributed by atoms with Crippen LogP contribution in [0.15, 0.2) is 0 Å². The van der Waals surface area contributed by atoms with Crippen molar-refractivity contribution in [3.63, 3.8) is 0 Å². The molecule has 0 spiro atoms. The van der Waals surface area contributed by atoms with Crippen molar-refractivity contribution in [2.45, 2.75) is 52.7 Å². The highest BCUT2D eigenvalue weighted by Gasteiger charge is 2.16. The van der Waals surface area contributed by atoms with Crippen molar-refractivity contribution in [1.29, 1.82) is 0 Å². The highest BCUT2D eigenvalue weighted by molar-refractivity contribution is 4.70. The molecule has 0 saturated carbocycles. The van der Waals surface area contributed by atoms with Gasteiger partial charge in [0.05, 0.1) is 12.7 Å². The van der Waals surface area contributed by atoms with Crippen LogP contribution >= 0.6 is 0 Å². The molecule has 2 atom stereocenters. The van der Waals surface area contributed by atoms with E-state index in [2.05, 4.69) is 39.6 Å². The molecule has 0 fully saturated rings. The van der Waals surface area contributed by atoms with Gasteiger partial charge in [0.1, 0.15) is 0 Å². The number of aliphatic hydroxyl groups is 1. The smallest absolute Gasteiger partial charge is 0.0900 e. The van der Waals surface area contributed by atoms with E-state index in [0.29, 0.717) is 25.1 Å². The van der Waals surface area contributed by atoms with Crippen LogP contribution in [0.5, 0.6) is 0 Å². The van der Waals surface area contributed by atoms with E-state index in [0.717, 1.165) is 19.4 Å². The molecule has 0 saturated heterocycles. The number of ether oxygens (including phenoxy) is 1. The Kier molecular flexibility index (Phi) is 8.90. The van der Waals surface area contributed by atoms with Crippen molar-refractivity contribution in [2.75, 3.05) is 26.8 Å². The van der Waals surface area contributed by atoms with Gasteiger partial charge >= 0.3 is 0 Å². The lowest BCUT2D eigenvalue weighted by molar-refractivity contribution is 0.0112. The maximum Gasteiger partial charge on any atom is 0.0900 e. The third kappa shape index (κ3) is 7.20. The zero-order chi connectivity index (χ0) is 12.6. The highest BCUT2D eigenvalue weighted by atomic mass is 16.5. The molecule has 98 valence electrons. The minimum absolute atomic E-state index is 0.372. The van der Waals surface area contributed by atoms with E-state index in [1.165, 1.54) is 0 Å². The van der Waals surface area contributed by atoms with Crippen molar-refractivity contribution in [3.8, 4) is 0 Å². The second-order valence-corrected chi connectivity index (χ2v) is 5.01. The van der Waals surface area contributed by atoms with Gasteiger partial charge in [-0.2, -0.15) is 0 Å². The van der Waals surface area contributed by atoms with Crippen LogP contribution in [-0.4, -0.2) is 49.0 Å². The molecule has 0 radical (unpaired) electrons. The average molecular weight is 231 g/mol. The molecule has 0 heterocycles. The second-order valence-electron chi connectivity index (χ2n) is 5.01. The summed E-state index contributed by atoms with van der Waals surface area (Å²) in [6, 6.07) is 0.491. The normalized spacial score (nSPS) is 15.8. The van der Waals surface area contributed by atoms with Crippen LogP contribution in [0.3, 0.4) is 0 Å². The van der Waals surface area contributed by atoms with E-state index in [-0.39, 0.29) is 6.10 Å². The van der Waals surface area contributed by atoms with Crippen LogP contribution in [0, 0.1) is 5.92 Å². The number of nitrogens with zero attached hydrogens (tertiary/aromatic N) is 1. The van der Waals surface area contributed by atoms with Crippen LogP contribution in [0.2, 0.25) is 0 Å². The summed E-state index contributed by atoms with van der Waals surface area (Å²) in [7, 11) is 2.06. The summed E-state index contributed by atoms with van der Waals surface area (Å²) >= 11 is 0. The molecule has 16 heavy (non-hydrogen) atoms. The molecule has 0 rings (SSSR count). The molecule has 0 amide bonds. The lowest BCUT2D eigenvalue weighted by Crippen LogP contribution is -2.40. The van der Waals surface area contributed by atoms with Crippen molar-refractivity contribution in [2.24, 2.45) is 5.92 Å². The fraction of sp³-hybridized carbons (Fsp3) is 1.00. The van der Waals surface area contributed by atoms with Crippen LogP contribution < -0.4 is 0 Å². The maximum atomic E-state index is 9.78. The van der Waals surface area contributed by atoms with E-state index in [1.807, 2.05) is 0 Å². The van der Waals surface area contributed by atoms with Crippen LogP contribution in [-0.2, 0) is 4.74 Å². The zero-order valence-corrected chi connectivity index (χ0v) is 11.6. The first-order chi connectivity index (χ1) is 7.49. The number of rotatable bonds is 9. The van der Waals surface area contributed by atoms with Crippen LogP contribution in [0.25, 0.3) is 0 Å². The van der Waals surface area contributed by atoms with Crippen molar-refractivity contribution >= 4 is 0 Å². The van der Waals surface area contributed by atoms with Crippen molar-refractivity contribution < 1.29 is 9.84 Å². The molecule has 0 bridgehead atoms. The average Bonchev–Trinajstić information content (AvgIpc) is 2.23. The summed E-state index contributed by atoms with van der Waals surface area (Å²) in [5.41, 5.74) is 0. The van der Waals surface area contributed by atoms with Gasteiger partial charge in [-0.15, -0.1) is 0 Å². The Morgan fingerprint density at radius 3 is 2.38 bits per heavy atom. The van der Waals surface area contributed by atoms with Gasteiger partial charge in [0.2, 0.25) is 0 Å². The zero-order valence-electron chi connectivity index (χ0n) is 11.6. The quantitative estimate of drug-likeness (QED) is 0.617. The molecule has 0 aromatic heterocycles. The van der Waals surface area contributed by atoms with Gasteiger partial charge in [-0.1, -0.05) is 27.2 Å². The minimum atomic E-state index is -0.372. The Morgan fingerprint density at radius 2 is 1.88 bits per heavy atom. The van der Waals surface area contributed by atoms with Gasteiger partial charge in [-0.05, 0) is 26.3 Å². The van der Waals surface area contributed by atoms with Crippen molar-refractivity contribution in [1.82, 2.24) is 4.90 Å². The summed E-state index contributed by atoms with van der Waals surface area (Å²) in [6.07, 6.45) is 1.84. The van der Waals surface area contributed by atoms with Gasteiger partial charge < -0.3 is 14.7 Å². The molecule has 3 heteroatoms. The SMILES string of the molecule is CCCCOCC(O)CN(C)C(C)C(C)C. The molecule has 1 N–H and O–H groups in total. The molecule has 0 aliphatic heterocycles. The number of hydrogen-bond acceptors (Lipinski definition) is 3. The topological polar surface area (TPSA) is 32.7 Å². The minimum Gasteiger partial charge on any atom is -0.389 e. The van der Waals surface area contributed by atoms with Gasteiger partial charge in [0.15, 0.2) is 0 Å². The van der Waals surface area contributed by atoms with Gasteiger partial charge in [-0.25, -0.2) is 0 Å². The fourth-order valence-corrected chi connectivity index (χ4v) is 1.53. The molecule has 0 aromatic rings. The lowest BCUT2D eigenvalue weighted by Gasteiger charge is -2.29. The summed E-state index contributed by atoms with van der Waals surface area (Å²) in [6.45, 7) is 10.6. The van der Waals surface area contributed by atoms with E-state index in [1.54, 1.807) is 0 Å². The number of aliphatic hydroxyl groups excluding tert-OH is 1.